The molecule has 0 atom stereocenters. The SMILES string of the molecule is O=C(NCCCN1CCCC1=O)c1cc(Cl)ccc1[N+](=O)[O-]. The molecule has 1 aromatic carbocycles. The van der Waals surface area contributed by atoms with E-state index in [4.69, 9.17) is 11.6 Å². The predicted octanol–water partition coefficient (Wildman–Crippen LogP) is 1.99. The molecule has 1 saturated heterocycles. The summed E-state index contributed by atoms with van der Waals surface area (Å²) in [7, 11) is 0. The molecule has 1 N–H and O–H groups in total. The first kappa shape index (κ1) is 16.2. The highest BCUT2D eigenvalue weighted by Gasteiger charge is 2.21. The van der Waals surface area contributed by atoms with E-state index in [9.17, 15) is 19.7 Å². The van der Waals surface area contributed by atoms with Gasteiger partial charge >= 0.3 is 0 Å². The second kappa shape index (κ2) is 7.22. The number of nitro benzene ring substituents is 1. The number of benzene rings is 1. The van der Waals surface area contributed by atoms with Crippen molar-refractivity contribution in [3.05, 3.63) is 38.9 Å². The van der Waals surface area contributed by atoms with Crippen LogP contribution in [0, 0.1) is 10.1 Å². The Hall–Kier alpha value is -2.15. The second-order valence-corrected chi connectivity index (χ2v) is 5.45. The Labute approximate surface area is 132 Å². The Bertz CT molecular complexity index is 606. The van der Waals surface area contributed by atoms with Gasteiger partial charge in [-0.2, -0.15) is 0 Å². The highest BCUT2D eigenvalue weighted by atomic mass is 35.5. The lowest BCUT2D eigenvalue weighted by Crippen LogP contribution is -2.30. The van der Waals surface area contributed by atoms with Crippen LogP contribution in [0.25, 0.3) is 0 Å². The molecular weight excluding hydrogens is 310 g/mol. The summed E-state index contributed by atoms with van der Waals surface area (Å²) in [4.78, 5) is 35.5. The summed E-state index contributed by atoms with van der Waals surface area (Å²) in [6.07, 6.45) is 2.06. The van der Waals surface area contributed by atoms with Crippen LogP contribution in [0.15, 0.2) is 18.2 Å². The minimum Gasteiger partial charge on any atom is -0.352 e. The zero-order valence-electron chi connectivity index (χ0n) is 11.9. The van der Waals surface area contributed by atoms with Gasteiger partial charge in [-0.25, -0.2) is 0 Å². The standard InChI is InChI=1S/C14H16ClN3O4/c15-10-4-5-12(18(21)22)11(9-10)14(20)16-6-2-8-17-7-1-3-13(17)19/h4-5,9H,1-3,6-8H2,(H,16,20). The maximum Gasteiger partial charge on any atom is 0.282 e. The molecule has 0 unspecified atom stereocenters. The van der Waals surface area contributed by atoms with E-state index in [1.54, 1.807) is 4.90 Å². The largest absolute Gasteiger partial charge is 0.352 e. The number of halogens is 1. The third-order valence-electron chi connectivity index (χ3n) is 3.46. The predicted molar refractivity (Wildman–Crippen MR) is 80.9 cm³/mol. The number of nitrogens with zero attached hydrogens (tertiary/aromatic N) is 2. The Kier molecular flexibility index (Phi) is 5.32. The van der Waals surface area contributed by atoms with Gasteiger partial charge in [0.2, 0.25) is 5.91 Å². The van der Waals surface area contributed by atoms with Crippen molar-refractivity contribution in [2.45, 2.75) is 19.3 Å². The van der Waals surface area contributed by atoms with Gasteiger partial charge in [-0.15, -0.1) is 0 Å². The topological polar surface area (TPSA) is 92.6 Å². The highest BCUT2D eigenvalue weighted by molar-refractivity contribution is 6.31. The lowest BCUT2D eigenvalue weighted by molar-refractivity contribution is -0.385. The molecule has 0 radical (unpaired) electrons. The number of nitro groups is 1. The van der Waals surface area contributed by atoms with Crippen molar-refractivity contribution < 1.29 is 14.5 Å². The van der Waals surface area contributed by atoms with Crippen LogP contribution in [-0.4, -0.2) is 41.3 Å². The van der Waals surface area contributed by atoms with E-state index in [0.29, 0.717) is 25.9 Å². The fourth-order valence-corrected chi connectivity index (χ4v) is 2.53. The van der Waals surface area contributed by atoms with Crippen molar-refractivity contribution in [3.8, 4) is 0 Å². The molecule has 1 aliphatic heterocycles. The van der Waals surface area contributed by atoms with Crippen molar-refractivity contribution in [2.75, 3.05) is 19.6 Å². The fraction of sp³-hybridized carbons (Fsp3) is 0.429. The van der Waals surface area contributed by atoms with Gasteiger partial charge in [-0.3, -0.25) is 19.7 Å². The van der Waals surface area contributed by atoms with Crippen LogP contribution in [0.4, 0.5) is 5.69 Å². The molecule has 2 amide bonds. The number of hydrogen-bond donors (Lipinski definition) is 1. The zero-order valence-corrected chi connectivity index (χ0v) is 12.6. The van der Waals surface area contributed by atoms with Gasteiger partial charge in [0.15, 0.2) is 0 Å². The van der Waals surface area contributed by atoms with Crippen LogP contribution in [0.5, 0.6) is 0 Å². The van der Waals surface area contributed by atoms with Crippen molar-refractivity contribution >= 4 is 29.1 Å². The smallest absolute Gasteiger partial charge is 0.282 e. The third kappa shape index (κ3) is 3.94. The molecule has 0 spiro atoms. The number of likely N-dealkylation sites (tertiary alicyclic amines) is 1. The molecule has 0 aromatic heterocycles. The summed E-state index contributed by atoms with van der Waals surface area (Å²) in [6, 6.07) is 3.86. The summed E-state index contributed by atoms with van der Waals surface area (Å²) < 4.78 is 0. The van der Waals surface area contributed by atoms with Gasteiger partial charge in [0.05, 0.1) is 4.92 Å². The maximum atomic E-state index is 12.0. The molecular formula is C14H16ClN3O4. The summed E-state index contributed by atoms with van der Waals surface area (Å²) >= 11 is 5.78. The molecule has 1 aliphatic rings. The summed E-state index contributed by atoms with van der Waals surface area (Å²) in [6.45, 7) is 1.68. The van der Waals surface area contributed by atoms with E-state index in [1.807, 2.05) is 0 Å². The average molecular weight is 326 g/mol. The van der Waals surface area contributed by atoms with Crippen molar-refractivity contribution in [1.29, 1.82) is 0 Å². The molecule has 118 valence electrons. The average Bonchev–Trinajstić information content (AvgIpc) is 2.88. The lowest BCUT2D eigenvalue weighted by atomic mass is 10.1. The molecule has 0 aliphatic carbocycles. The third-order valence-corrected chi connectivity index (χ3v) is 3.70. The highest BCUT2D eigenvalue weighted by Crippen LogP contribution is 2.22. The molecule has 2 rings (SSSR count). The first-order chi connectivity index (χ1) is 10.5. The number of hydrogen-bond acceptors (Lipinski definition) is 4. The minimum atomic E-state index is -0.617. The van der Waals surface area contributed by atoms with Crippen LogP contribution < -0.4 is 5.32 Å². The van der Waals surface area contributed by atoms with Gasteiger partial charge in [-0.1, -0.05) is 11.6 Å². The van der Waals surface area contributed by atoms with E-state index in [1.165, 1.54) is 18.2 Å². The van der Waals surface area contributed by atoms with E-state index in [-0.39, 0.29) is 22.2 Å². The van der Waals surface area contributed by atoms with Crippen molar-refractivity contribution in [3.63, 3.8) is 0 Å². The monoisotopic (exact) mass is 325 g/mol. The number of nitrogens with one attached hydrogen (secondary N) is 1. The second-order valence-electron chi connectivity index (χ2n) is 5.01. The van der Waals surface area contributed by atoms with Crippen LogP contribution in [0.1, 0.15) is 29.6 Å². The Morgan fingerprint density at radius 1 is 1.45 bits per heavy atom. The summed E-state index contributed by atoms with van der Waals surface area (Å²) in [5, 5.41) is 13.8. The van der Waals surface area contributed by atoms with Gasteiger partial charge in [0.1, 0.15) is 5.56 Å². The summed E-state index contributed by atoms with van der Waals surface area (Å²) in [5.41, 5.74) is -0.341. The first-order valence-electron chi connectivity index (χ1n) is 6.99. The molecule has 7 nitrogen and oxygen atoms in total. The molecule has 8 heteroatoms. The van der Waals surface area contributed by atoms with Crippen LogP contribution in [0.2, 0.25) is 5.02 Å². The molecule has 1 fully saturated rings. The van der Waals surface area contributed by atoms with Crippen LogP contribution in [-0.2, 0) is 4.79 Å². The van der Waals surface area contributed by atoms with Crippen molar-refractivity contribution in [2.24, 2.45) is 0 Å². The summed E-state index contributed by atoms with van der Waals surface area (Å²) in [5.74, 6) is -0.404. The fourth-order valence-electron chi connectivity index (χ4n) is 2.36. The van der Waals surface area contributed by atoms with Crippen LogP contribution >= 0.6 is 11.6 Å². The molecule has 22 heavy (non-hydrogen) atoms. The maximum absolute atomic E-state index is 12.0. The van der Waals surface area contributed by atoms with Crippen molar-refractivity contribution in [1.82, 2.24) is 10.2 Å². The van der Waals surface area contributed by atoms with E-state index >= 15 is 0 Å². The number of rotatable bonds is 6. The van der Waals surface area contributed by atoms with Gasteiger partial charge in [-0.05, 0) is 25.0 Å². The van der Waals surface area contributed by atoms with Gasteiger partial charge < -0.3 is 10.2 Å². The van der Waals surface area contributed by atoms with Crippen LogP contribution in [0.3, 0.4) is 0 Å². The lowest BCUT2D eigenvalue weighted by Gasteiger charge is -2.15. The van der Waals surface area contributed by atoms with Gasteiger partial charge in [0, 0.05) is 37.1 Å². The Morgan fingerprint density at radius 3 is 2.86 bits per heavy atom. The number of amides is 2. The van der Waals surface area contributed by atoms with Gasteiger partial charge in [0.25, 0.3) is 11.6 Å². The zero-order chi connectivity index (χ0) is 16.1. The molecule has 1 heterocycles. The van der Waals surface area contributed by atoms with E-state index in [0.717, 1.165) is 13.0 Å². The first-order valence-corrected chi connectivity index (χ1v) is 7.37. The Morgan fingerprint density at radius 2 is 2.23 bits per heavy atom. The quantitative estimate of drug-likeness (QED) is 0.492. The Balaban J connectivity index is 1.88. The molecule has 1 aromatic rings. The number of carbonyl (C=O) groups is 2. The molecule has 0 bridgehead atoms. The normalized spacial score (nSPS) is 14.2. The number of carbonyl (C=O) groups excluding carboxylic acids is 2. The van der Waals surface area contributed by atoms with E-state index < -0.39 is 10.8 Å². The molecule has 0 saturated carbocycles. The van der Waals surface area contributed by atoms with E-state index in [2.05, 4.69) is 5.32 Å². The minimum absolute atomic E-state index is 0.0604.